The van der Waals surface area contributed by atoms with Crippen molar-refractivity contribution in [3.63, 3.8) is 0 Å². The zero-order valence-corrected chi connectivity index (χ0v) is 8.69. The maximum atomic E-state index is 11.6. The molecule has 0 saturated carbocycles. The Morgan fingerprint density at radius 2 is 2.14 bits per heavy atom. The molecule has 5 heteroatoms. The average Bonchev–Trinajstić information content (AvgIpc) is 2.49. The fourth-order valence-electron chi connectivity index (χ4n) is 1.72. The molecule has 0 aromatic rings. The summed E-state index contributed by atoms with van der Waals surface area (Å²) < 4.78 is 0. The first-order chi connectivity index (χ1) is 6.52. The minimum atomic E-state index is -0.394. The minimum absolute atomic E-state index is 0.0173. The normalized spacial score (nSPS) is 21.6. The van der Waals surface area contributed by atoms with Gasteiger partial charge in [0.25, 0.3) is 0 Å². The molecular formula is C9H17N3O2. The van der Waals surface area contributed by atoms with Gasteiger partial charge in [0.05, 0.1) is 6.54 Å². The van der Waals surface area contributed by atoms with Gasteiger partial charge in [0, 0.05) is 6.54 Å². The van der Waals surface area contributed by atoms with Crippen LogP contribution in [0.2, 0.25) is 0 Å². The standard InChI is InChI=1S/C9H17N3O2/c1-11(2)6-8(13)12-5-3-4-7(12)9(10)14/h7H,3-6H2,1-2H3,(H2,10,14)/t7-/m1/s1. The summed E-state index contributed by atoms with van der Waals surface area (Å²) >= 11 is 0. The number of rotatable bonds is 3. The van der Waals surface area contributed by atoms with E-state index < -0.39 is 5.91 Å². The number of nitrogens with two attached hydrogens (primary N) is 1. The molecule has 1 heterocycles. The van der Waals surface area contributed by atoms with E-state index in [1.807, 2.05) is 14.1 Å². The molecule has 14 heavy (non-hydrogen) atoms. The molecule has 1 atom stereocenters. The third-order valence-corrected chi connectivity index (χ3v) is 2.35. The molecule has 5 nitrogen and oxygen atoms in total. The number of nitrogens with zero attached hydrogens (tertiary/aromatic N) is 2. The fraction of sp³-hybridized carbons (Fsp3) is 0.778. The lowest BCUT2D eigenvalue weighted by Crippen LogP contribution is -2.46. The summed E-state index contributed by atoms with van der Waals surface area (Å²) in [5.41, 5.74) is 5.21. The van der Waals surface area contributed by atoms with Gasteiger partial charge < -0.3 is 15.5 Å². The van der Waals surface area contributed by atoms with E-state index in [1.54, 1.807) is 9.80 Å². The number of hydrogen-bond acceptors (Lipinski definition) is 3. The molecule has 80 valence electrons. The maximum absolute atomic E-state index is 11.6. The third-order valence-electron chi connectivity index (χ3n) is 2.35. The lowest BCUT2D eigenvalue weighted by molar-refractivity contribution is -0.137. The van der Waals surface area contributed by atoms with Gasteiger partial charge >= 0.3 is 0 Å². The molecule has 1 rings (SSSR count). The second-order valence-corrected chi connectivity index (χ2v) is 3.89. The number of likely N-dealkylation sites (N-methyl/N-ethyl adjacent to an activating group) is 1. The summed E-state index contributed by atoms with van der Waals surface area (Å²) in [4.78, 5) is 26.0. The van der Waals surface area contributed by atoms with E-state index in [1.165, 1.54) is 0 Å². The van der Waals surface area contributed by atoms with Gasteiger partial charge in [0.2, 0.25) is 11.8 Å². The van der Waals surface area contributed by atoms with Crippen LogP contribution in [-0.2, 0) is 9.59 Å². The van der Waals surface area contributed by atoms with E-state index in [-0.39, 0.29) is 11.9 Å². The molecule has 0 radical (unpaired) electrons. The van der Waals surface area contributed by atoms with Crippen molar-refractivity contribution >= 4 is 11.8 Å². The molecule has 0 bridgehead atoms. The van der Waals surface area contributed by atoms with Crippen LogP contribution < -0.4 is 5.73 Å². The minimum Gasteiger partial charge on any atom is -0.368 e. The molecule has 2 amide bonds. The van der Waals surface area contributed by atoms with Gasteiger partial charge in [0.1, 0.15) is 6.04 Å². The Balaban J connectivity index is 2.58. The monoisotopic (exact) mass is 199 g/mol. The summed E-state index contributed by atoms with van der Waals surface area (Å²) in [5.74, 6) is -0.411. The van der Waals surface area contributed by atoms with Crippen molar-refractivity contribution in [1.29, 1.82) is 0 Å². The predicted octanol–water partition coefficient (Wildman–Crippen LogP) is -0.976. The van der Waals surface area contributed by atoms with E-state index in [0.29, 0.717) is 19.5 Å². The first-order valence-electron chi connectivity index (χ1n) is 4.76. The summed E-state index contributed by atoms with van der Waals surface area (Å²) in [6.07, 6.45) is 1.57. The van der Waals surface area contributed by atoms with Crippen molar-refractivity contribution in [1.82, 2.24) is 9.80 Å². The predicted molar refractivity (Wildman–Crippen MR) is 52.5 cm³/mol. The Morgan fingerprint density at radius 1 is 1.50 bits per heavy atom. The third kappa shape index (κ3) is 2.45. The van der Waals surface area contributed by atoms with Crippen LogP contribution in [-0.4, -0.2) is 54.8 Å². The topological polar surface area (TPSA) is 66.6 Å². The molecule has 1 aliphatic rings. The largest absolute Gasteiger partial charge is 0.368 e. The van der Waals surface area contributed by atoms with Crippen LogP contribution in [0.25, 0.3) is 0 Å². The summed E-state index contributed by atoms with van der Waals surface area (Å²) in [7, 11) is 3.65. The Bertz CT molecular complexity index is 240. The highest BCUT2D eigenvalue weighted by atomic mass is 16.2. The van der Waals surface area contributed by atoms with Gasteiger partial charge in [-0.05, 0) is 26.9 Å². The Hall–Kier alpha value is -1.10. The van der Waals surface area contributed by atoms with Gasteiger partial charge in [0.15, 0.2) is 0 Å². The number of likely N-dealkylation sites (tertiary alicyclic amines) is 1. The molecule has 2 N–H and O–H groups in total. The van der Waals surface area contributed by atoms with Gasteiger partial charge in [-0.3, -0.25) is 9.59 Å². The zero-order valence-electron chi connectivity index (χ0n) is 8.69. The van der Waals surface area contributed by atoms with Crippen LogP contribution in [0.15, 0.2) is 0 Å². The van der Waals surface area contributed by atoms with Crippen LogP contribution in [0.1, 0.15) is 12.8 Å². The molecule has 0 unspecified atom stereocenters. The molecule has 1 fully saturated rings. The summed E-state index contributed by atoms with van der Waals surface area (Å²) in [6.45, 7) is 0.990. The summed E-state index contributed by atoms with van der Waals surface area (Å²) in [5, 5.41) is 0. The van der Waals surface area contributed by atoms with E-state index in [2.05, 4.69) is 0 Å². The van der Waals surface area contributed by atoms with Gasteiger partial charge in [-0.15, -0.1) is 0 Å². The van der Waals surface area contributed by atoms with Gasteiger partial charge in [-0.25, -0.2) is 0 Å². The first-order valence-corrected chi connectivity index (χ1v) is 4.76. The number of carbonyl (C=O) groups excluding carboxylic acids is 2. The van der Waals surface area contributed by atoms with Gasteiger partial charge in [-0.1, -0.05) is 0 Å². The lowest BCUT2D eigenvalue weighted by Gasteiger charge is -2.23. The fourth-order valence-corrected chi connectivity index (χ4v) is 1.72. The summed E-state index contributed by atoms with van der Waals surface area (Å²) in [6, 6.07) is -0.387. The van der Waals surface area contributed by atoms with Crippen LogP contribution in [0.3, 0.4) is 0 Å². The van der Waals surface area contributed by atoms with Crippen molar-refractivity contribution in [2.45, 2.75) is 18.9 Å². The quantitative estimate of drug-likeness (QED) is 0.635. The average molecular weight is 199 g/mol. The molecular weight excluding hydrogens is 182 g/mol. The van der Waals surface area contributed by atoms with E-state index >= 15 is 0 Å². The molecule has 0 aliphatic carbocycles. The first kappa shape index (κ1) is 11.0. The molecule has 1 aliphatic heterocycles. The van der Waals surface area contributed by atoms with Crippen LogP contribution in [0, 0.1) is 0 Å². The molecule has 0 spiro atoms. The molecule has 0 aromatic carbocycles. The Morgan fingerprint density at radius 3 is 2.64 bits per heavy atom. The van der Waals surface area contributed by atoms with Crippen LogP contribution >= 0.6 is 0 Å². The van der Waals surface area contributed by atoms with Gasteiger partial charge in [-0.2, -0.15) is 0 Å². The van der Waals surface area contributed by atoms with Crippen LogP contribution in [0.5, 0.6) is 0 Å². The van der Waals surface area contributed by atoms with Crippen molar-refractivity contribution in [2.75, 3.05) is 27.2 Å². The van der Waals surface area contributed by atoms with E-state index in [0.717, 1.165) is 6.42 Å². The van der Waals surface area contributed by atoms with Crippen molar-refractivity contribution < 1.29 is 9.59 Å². The highest BCUT2D eigenvalue weighted by Crippen LogP contribution is 2.16. The number of amides is 2. The van der Waals surface area contributed by atoms with Crippen LogP contribution in [0.4, 0.5) is 0 Å². The van der Waals surface area contributed by atoms with E-state index in [9.17, 15) is 9.59 Å². The smallest absolute Gasteiger partial charge is 0.240 e. The number of primary amides is 1. The SMILES string of the molecule is CN(C)CC(=O)N1CCC[C@@H]1C(N)=O. The second-order valence-electron chi connectivity index (χ2n) is 3.89. The second kappa shape index (κ2) is 4.41. The van der Waals surface area contributed by atoms with Crippen molar-refractivity contribution in [3.8, 4) is 0 Å². The van der Waals surface area contributed by atoms with Crippen molar-refractivity contribution in [2.24, 2.45) is 5.73 Å². The highest BCUT2D eigenvalue weighted by Gasteiger charge is 2.32. The Kier molecular flexibility index (Phi) is 3.46. The van der Waals surface area contributed by atoms with Crippen molar-refractivity contribution in [3.05, 3.63) is 0 Å². The zero-order chi connectivity index (χ0) is 10.7. The lowest BCUT2D eigenvalue weighted by atomic mass is 10.2. The Labute approximate surface area is 83.8 Å². The number of carbonyl (C=O) groups is 2. The number of hydrogen-bond donors (Lipinski definition) is 1. The van der Waals surface area contributed by atoms with E-state index in [4.69, 9.17) is 5.73 Å². The molecule has 1 saturated heterocycles. The highest BCUT2D eigenvalue weighted by molar-refractivity contribution is 5.87. The maximum Gasteiger partial charge on any atom is 0.240 e. The molecule has 0 aromatic heterocycles.